The fourth-order valence-electron chi connectivity index (χ4n) is 3.00. The summed E-state index contributed by atoms with van der Waals surface area (Å²) in [5.41, 5.74) is 9.09. The first kappa shape index (κ1) is 24.8. The Labute approximate surface area is 188 Å². The second kappa shape index (κ2) is 11.8. The van der Waals surface area contributed by atoms with Crippen molar-refractivity contribution in [2.24, 2.45) is 5.11 Å². The van der Waals surface area contributed by atoms with E-state index in [0.29, 0.717) is 10.8 Å². The first-order valence-corrected chi connectivity index (χ1v) is 10.7. The third-order valence-corrected chi connectivity index (χ3v) is 5.77. The highest BCUT2D eigenvalue weighted by Gasteiger charge is 2.50. The Hall–Kier alpha value is -2.46. The number of azide groups is 1. The Bertz CT molecular complexity index is 865. The lowest BCUT2D eigenvalue weighted by atomic mass is 9.97. The van der Waals surface area contributed by atoms with Gasteiger partial charge in [-0.1, -0.05) is 34.9 Å². The molecule has 12 heteroatoms. The van der Waals surface area contributed by atoms with E-state index in [0.717, 1.165) is 5.56 Å². The largest absolute Gasteiger partial charge is 0.463 e. The number of ether oxygens (including phenoxy) is 4. The van der Waals surface area contributed by atoms with Crippen LogP contribution in [0.3, 0.4) is 0 Å². The molecule has 1 fully saturated rings. The number of carbonyl (C=O) groups excluding carboxylic acids is 3. The van der Waals surface area contributed by atoms with Crippen LogP contribution in [0, 0.1) is 0 Å². The van der Waals surface area contributed by atoms with Crippen molar-refractivity contribution in [1.82, 2.24) is 0 Å². The molecule has 0 aromatic heterocycles. The molecule has 0 bridgehead atoms. The fourth-order valence-corrected chi connectivity index (χ4v) is 4.50. The number of rotatable bonds is 8. The lowest BCUT2D eigenvalue weighted by Gasteiger charge is -2.43. The van der Waals surface area contributed by atoms with Gasteiger partial charge in [0.1, 0.15) is 36.4 Å². The Kier molecular flexibility index (Phi) is 9.44. The lowest BCUT2D eigenvalue weighted by molar-refractivity contribution is -0.201. The Morgan fingerprint density at radius 1 is 1.13 bits per heavy atom. The van der Waals surface area contributed by atoms with E-state index >= 15 is 0 Å². The van der Waals surface area contributed by atoms with Gasteiger partial charge >= 0.3 is 17.9 Å². The molecule has 31 heavy (non-hydrogen) atoms. The van der Waals surface area contributed by atoms with E-state index in [4.69, 9.17) is 36.1 Å². The highest BCUT2D eigenvalue weighted by atomic mass is 35.5. The number of hydrogen-bond donors (Lipinski definition) is 0. The molecule has 2 rings (SSSR count). The minimum absolute atomic E-state index is 0.249. The van der Waals surface area contributed by atoms with Crippen LogP contribution >= 0.6 is 23.4 Å². The van der Waals surface area contributed by atoms with Crippen LogP contribution in [-0.2, 0) is 39.1 Å². The molecule has 3 unspecified atom stereocenters. The van der Waals surface area contributed by atoms with E-state index < -0.39 is 47.7 Å². The molecule has 0 spiro atoms. The first-order chi connectivity index (χ1) is 14.7. The van der Waals surface area contributed by atoms with Gasteiger partial charge in [-0.2, -0.15) is 0 Å². The van der Waals surface area contributed by atoms with Gasteiger partial charge in [0.15, 0.2) is 0 Å². The Morgan fingerprint density at radius 3 is 2.35 bits per heavy atom. The molecule has 1 aliphatic heterocycles. The highest BCUT2D eigenvalue weighted by Crippen LogP contribution is 2.36. The number of esters is 3. The average Bonchev–Trinajstić information content (AvgIpc) is 2.69. The highest BCUT2D eigenvalue weighted by molar-refractivity contribution is 7.99. The molecule has 10 nitrogen and oxygen atoms in total. The van der Waals surface area contributed by atoms with Crippen molar-refractivity contribution in [2.75, 3.05) is 6.61 Å². The second-order valence-electron chi connectivity index (χ2n) is 6.59. The van der Waals surface area contributed by atoms with Crippen LogP contribution in [0.1, 0.15) is 26.3 Å². The normalized spacial score (nSPS) is 25.1. The van der Waals surface area contributed by atoms with E-state index in [1.54, 1.807) is 12.1 Å². The molecule has 0 saturated carbocycles. The van der Waals surface area contributed by atoms with E-state index in [1.165, 1.54) is 32.5 Å². The van der Waals surface area contributed by atoms with Crippen molar-refractivity contribution in [3.05, 3.63) is 45.3 Å². The van der Waals surface area contributed by atoms with Gasteiger partial charge in [-0.3, -0.25) is 14.4 Å². The van der Waals surface area contributed by atoms with Crippen LogP contribution in [-0.4, -0.2) is 54.3 Å². The second-order valence-corrected chi connectivity index (χ2v) is 8.09. The maximum Gasteiger partial charge on any atom is 0.303 e. The van der Waals surface area contributed by atoms with Crippen LogP contribution in [0.15, 0.2) is 29.4 Å². The third-order valence-electron chi connectivity index (χ3n) is 4.22. The maximum absolute atomic E-state index is 11.7. The topological polar surface area (TPSA) is 137 Å². The zero-order valence-corrected chi connectivity index (χ0v) is 18.7. The van der Waals surface area contributed by atoms with Gasteiger partial charge in [0.25, 0.3) is 0 Å². The molecule has 0 amide bonds. The van der Waals surface area contributed by atoms with E-state index in [-0.39, 0.29) is 6.61 Å². The summed E-state index contributed by atoms with van der Waals surface area (Å²) in [6.45, 7) is 3.35. The van der Waals surface area contributed by atoms with Crippen molar-refractivity contribution in [1.29, 1.82) is 0 Å². The molecule has 1 aliphatic rings. The number of hydrogen-bond acceptors (Lipinski definition) is 9. The standard InChI is InChI=1S/C19H22ClN3O7S/c1-10(24)27-8-15-17(28-11(2)25)16(22-23-21)18(29-12(3)26)19(30-15)31-9-13-6-4-5-7-14(13)20/h4-7,15-19H,8-9H2,1-3H3/t15?,16?,17-,18?,19+/m0/s1. The lowest BCUT2D eigenvalue weighted by Crippen LogP contribution is -2.59. The minimum Gasteiger partial charge on any atom is -0.463 e. The van der Waals surface area contributed by atoms with E-state index in [2.05, 4.69) is 10.0 Å². The molecule has 168 valence electrons. The number of benzene rings is 1. The summed E-state index contributed by atoms with van der Waals surface area (Å²) >= 11 is 7.47. The smallest absolute Gasteiger partial charge is 0.303 e. The molecular formula is C19H22ClN3O7S. The maximum atomic E-state index is 11.7. The third kappa shape index (κ3) is 7.32. The summed E-state index contributed by atoms with van der Waals surface area (Å²) in [5, 5.41) is 4.27. The van der Waals surface area contributed by atoms with Crippen LogP contribution < -0.4 is 0 Å². The van der Waals surface area contributed by atoms with Gasteiger partial charge in [0.05, 0.1) is 0 Å². The fraction of sp³-hybridized carbons (Fsp3) is 0.526. The van der Waals surface area contributed by atoms with Crippen LogP contribution in [0.5, 0.6) is 0 Å². The van der Waals surface area contributed by atoms with Gasteiger partial charge in [-0.15, -0.1) is 11.8 Å². The predicted octanol–water partition coefficient (Wildman–Crippen LogP) is 3.40. The van der Waals surface area contributed by atoms with Crippen LogP contribution in [0.4, 0.5) is 0 Å². The van der Waals surface area contributed by atoms with Crippen molar-refractivity contribution >= 4 is 41.3 Å². The number of halogens is 1. The molecule has 1 saturated heterocycles. The van der Waals surface area contributed by atoms with Gasteiger partial charge in [0, 0.05) is 36.5 Å². The summed E-state index contributed by atoms with van der Waals surface area (Å²) in [7, 11) is 0. The van der Waals surface area contributed by atoms with Gasteiger partial charge < -0.3 is 18.9 Å². The zero-order chi connectivity index (χ0) is 23.0. The molecule has 0 N–H and O–H groups in total. The number of carbonyl (C=O) groups is 3. The summed E-state index contributed by atoms with van der Waals surface area (Å²) in [5.74, 6) is -1.46. The quantitative estimate of drug-likeness (QED) is 0.185. The van der Waals surface area contributed by atoms with Crippen molar-refractivity contribution in [2.45, 2.75) is 56.3 Å². The number of nitrogens with zero attached hydrogens (tertiary/aromatic N) is 3. The zero-order valence-electron chi connectivity index (χ0n) is 17.1. The van der Waals surface area contributed by atoms with E-state index in [9.17, 15) is 14.4 Å². The average molecular weight is 472 g/mol. The molecule has 0 radical (unpaired) electrons. The first-order valence-electron chi connectivity index (χ1n) is 9.25. The number of thioether (sulfide) groups is 1. The van der Waals surface area contributed by atoms with Gasteiger partial charge in [0.2, 0.25) is 0 Å². The predicted molar refractivity (Wildman–Crippen MR) is 112 cm³/mol. The van der Waals surface area contributed by atoms with Crippen molar-refractivity contribution < 1.29 is 33.3 Å². The van der Waals surface area contributed by atoms with Crippen molar-refractivity contribution in [3.63, 3.8) is 0 Å². The SMILES string of the molecule is CC(=O)OCC1O[C@H](SCc2ccccc2Cl)C(OC(C)=O)C(N=[N+]=[N-])[C@H]1OC(C)=O. The molecular weight excluding hydrogens is 450 g/mol. The van der Waals surface area contributed by atoms with Crippen molar-refractivity contribution in [3.8, 4) is 0 Å². The van der Waals surface area contributed by atoms with Crippen LogP contribution in [0.25, 0.3) is 10.4 Å². The Balaban J connectivity index is 2.36. The molecule has 0 aliphatic carbocycles. The summed E-state index contributed by atoms with van der Waals surface area (Å²) in [4.78, 5) is 37.5. The summed E-state index contributed by atoms with van der Waals surface area (Å²) < 4.78 is 21.7. The summed E-state index contributed by atoms with van der Waals surface area (Å²) in [6, 6.07) is 6.10. The molecule has 1 aromatic rings. The molecule has 1 aromatic carbocycles. The van der Waals surface area contributed by atoms with Gasteiger partial charge in [-0.05, 0) is 17.2 Å². The Morgan fingerprint density at radius 2 is 1.77 bits per heavy atom. The molecule has 5 atom stereocenters. The van der Waals surface area contributed by atoms with Gasteiger partial charge in [-0.25, -0.2) is 0 Å². The van der Waals surface area contributed by atoms with Crippen LogP contribution in [0.2, 0.25) is 5.02 Å². The molecule has 1 heterocycles. The summed E-state index contributed by atoms with van der Waals surface area (Å²) in [6.07, 6.45) is -3.13. The minimum atomic E-state index is -1.13. The van der Waals surface area contributed by atoms with E-state index in [1.807, 2.05) is 12.1 Å². The monoisotopic (exact) mass is 471 g/mol.